The van der Waals surface area contributed by atoms with Crippen LogP contribution in [-0.2, 0) is 19.4 Å². The Kier molecular flexibility index (Phi) is 12.6. The number of rotatable bonds is 8. The van der Waals surface area contributed by atoms with E-state index in [0.29, 0.717) is 30.3 Å². The standard InChI is InChI=1S/C13H12N2O3.C13H10N2O3.2CH4/c2*16-9-12-8-13(15(17)18)2-1-11(12)7-10-3-5-14-6-4-10;;/h1-6,8,16H,7,9H2;1-6,8-9H,7H2;2*1H4. The molecule has 0 unspecified atom stereocenters. The molecule has 0 saturated heterocycles. The van der Waals surface area contributed by atoms with Crippen LogP contribution in [0.1, 0.15) is 53.0 Å². The minimum absolute atomic E-state index is 0. The van der Waals surface area contributed by atoms with Crippen LogP contribution in [0, 0.1) is 20.2 Å². The molecular formula is C28H30N4O6. The first kappa shape index (κ1) is 31.2. The molecule has 0 amide bonds. The predicted octanol–water partition coefficient (Wildman–Crippen LogP) is 5.74. The molecular weight excluding hydrogens is 488 g/mol. The largest absolute Gasteiger partial charge is 0.392 e. The lowest BCUT2D eigenvalue weighted by molar-refractivity contribution is -0.385. The molecule has 0 aliphatic heterocycles. The topological polar surface area (TPSA) is 149 Å². The summed E-state index contributed by atoms with van der Waals surface area (Å²) in [7, 11) is 0. The number of carbonyl (C=O) groups is 1. The monoisotopic (exact) mass is 518 g/mol. The molecule has 1 N–H and O–H groups in total. The van der Waals surface area contributed by atoms with Gasteiger partial charge in [0.2, 0.25) is 0 Å². The number of aromatic nitrogens is 2. The number of carbonyl (C=O) groups excluding carboxylic acids is 1. The SMILES string of the molecule is C.C.O=Cc1cc([N+](=O)[O-])ccc1Cc1ccncc1.O=[N+]([O-])c1ccc(Cc2ccncc2)c(CO)c1. The first-order valence-electron chi connectivity index (χ1n) is 10.8. The molecule has 198 valence electrons. The second-order valence-corrected chi connectivity index (χ2v) is 7.69. The van der Waals surface area contributed by atoms with Crippen LogP contribution in [0.25, 0.3) is 0 Å². The molecule has 0 spiro atoms. The highest BCUT2D eigenvalue weighted by Crippen LogP contribution is 2.21. The summed E-state index contributed by atoms with van der Waals surface area (Å²) in [4.78, 5) is 39.1. The molecule has 10 nitrogen and oxygen atoms in total. The number of benzene rings is 2. The van der Waals surface area contributed by atoms with Crippen molar-refractivity contribution < 1.29 is 19.7 Å². The third-order valence-corrected chi connectivity index (χ3v) is 5.33. The van der Waals surface area contributed by atoms with Gasteiger partial charge in [-0.3, -0.25) is 35.0 Å². The van der Waals surface area contributed by atoms with Crippen LogP contribution in [0.2, 0.25) is 0 Å². The Morgan fingerprint density at radius 1 is 0.684 bits per heavy atom. The zero-order valence-electron chi connectivity index (χ0n) is 19.1. The van der Waals surface area contributed by atoms with Gasteiger partial charge in [-0.25, -0.2) is 0 Å². The van der Waals surface area contributed by atoms with Crippen LogP contribution in [0.4, 0.5) is 11.4 Å². The minimum Gasteiger partial charge on any atom is -0.392 e. The molecule has 0 atom stereocenters. The number of nitro groups is 2. The zero-order valence-corrected chi connectivity index (χ0v) is 19.1. The number of non-ortho nitro benzene ring substituents is 2. The van der Waals surface area contributed by atoms with Crippen molar-refractivity contribution in [3.63, 3.8) is 0 Å². The summed E-state index contributed by atoms with van der Waals surface area (Å²) in [6.45, 7) is -0.206. The maximum absolute atomic E-state index is 11.0. The summed E-state index contributed by atoms with van der Waals surface area (Å²) in [5.41, 5.74) is 4.56. The third kappa shape index (κ3) is 8.68. The van der Waals surface area contributed by atoms with Gasteiger partial charge in [-0.2, -0.15) is 0 Å². The molecule has 2 aromatic heterocycles. The smallest absolute Gasteiger partial charge is 0.270 e. The van der Waals surface area contributed by atoms with Crippen molar-refractivity contribution in [2.45, 2.75) is 34.3 Å². The van der Waals surface area contributed by atoms with E-state index >= 15 is 0 Å². The highest BCUT2D eigenvalue weighted by atomic mass is 16.6. The highest BCUT2D eigenvalue weighted by molar-refractivity contribution is 5.79. The van der Waals surface area contributed by atoms with Crippen LogP contribution in [0.3, 0.4) is 0 Å². The van der Waals surface area contributed by atoms with E-state index < -0.39 is 9.85 Å². The molecule has 0 radical (unpaired) electrons. The lowest BCUT2D eigenvalue weighted by Gasteiger charge is -2.07. The number of hydrogen-bond acceptors (Lipinski definition) is 8. The first-order valence-corrected chi connectivity index (χ1v) is 10.8. The molecule has 0 aliphatic carbocycles. The van der Waals surface area contributed by atoms with E-state index in [-0.39, 0.29) is 32.8 Å². The van der Waals surface area contributed by atoms with E-state index in [1.165, 1.54) is 24.3 Å². The molecule has 4 aromatic rings. The Balaban J connectivity index is 0.000000361. The third-order valence-electron chi connectivity index (χ3n) is 5.33. The highest BCUT2D eigenvalue weighted by Gasteiger charge is 2.11. The van der Waals surface area contributed by atoms with Gasteiger partial charge in [-0.05, 0) is 64.9 Å². The van der Waals surface area contributed by atoms with Gasteiger partial charge in [0.05, 0.1) is 16.5 Å². The van der Waals surface area contributed by atoms with Gasteiger partial charge in [0.1, 0.15) is 0 Å². The molecule has 2 heterocycles. The average molecular weight is 519 g/mol. The van der Waals surface area contributed by atoms with Crippen molar-refractivity contribution in [2.75, 3.05) is 0 Å². The average Bonchev–Trinajstić information content (AvgIpc) is 2.90. The van der Waals surface area contributed by atoms with E-state index in [1.54, 1.807) is 36.9 Å². The lowest BCUT2D eigenvalue weighted by atomic mass is 10.0. The second kappa shape index (κ2) is 15.3. The number of aliphatic hydroxyl groups excluding tert-OH is 1. The van der Waals surface area contributed by atoms with Gasteiger partial charge in [0.15, 0.2) is 6.29 Å². The number of aliphatic hydroxyl groups is 1. The van der Waals surface area contributed by atoms with E-state index in [0.717, 1.165) is 22.3 Å². The van der Waals surface area contributed by atoms with E-state index in [1.807, 2.05) is 24.3 Å². The van der Waals surface area contributed by atoms with Crippen LogP contribution >= 0.6 is 0 Å². The van der Waals surface area contributed by atoms with Gasteiger partial charge in [-0.1, -0.05) is 27.0 Å². The Labute approximate surface area is 221 Å². The fourth-order valence-electron chi connectivity index (χ4n) is 3.45. The summed E-state index contributed by atoms with van der Waals surface area (Å²) in [6.07, 6.45) is 8.54. The van der Waals surface area contributed by atoms with Crippen molar-refractivity contribution >= 4 is 17.7 Å². The van der Waals surface area contributed by atoms with Crippen molar-refractivity contribution in [1.29, 1.82) is 0 Å². The quantitative estimate of drug-likeness (QED) is 0.176. The number of pyridine rings is 2. The van der Waals surface area contributed by atoms with Crippen LogP contribution < -0.4 is 0 Å². The van der Waals surface area contributed by atoms with Crippen LogP contribution in [0.5, 0.6) is 0 Å². The fraction of sp³-hybridized carbons (Fsp3) is 0.179. The van der Waals surface area contributed by atoms with Gasteiger partial charge >= 0.3 is 0 Å². The fourth-order valence-corrected chi connectivity index (χ4v) is 3.45. The van der Waals surface area contributed by atoms with Crippen LogP contribution in [0.15, 0.2) is 85.5 Å². The Morgan fingerprint density at radius 3 is 1.58 bits per heavy atom. The molecule has 0 fully saturated rings. The van der Waals surface area contributed by atoms with Gasteiger partial charge in [-0.15, -0.1) is 0 Å². The molecule has 0 bridgehead atoms. The van der Waals surface area contributed by atoms with Gasteiger partial charge < -0.3 is 5.11 Å². The first-order chi connectivity index (χ1) is 17.4. The number of hydrogen-bond donors (Lipinski definition) is 1. The zero-order chi connectivity index (χ0) is 25.9. The molecule has 38 heavy (non-hydrogen) atoms. The van der Waals surface area contributed by atoms with E-state index in [9.17, 15) is 30.1 Å². The van der Waals surface area contributed by atoms with E-state index in [4.69, 9.17) is 0 Å². The minimum atomic E-state index is -0.511. The van der Waals surface area contributed by atoms with Crippen molar-refractivity contribution in [2.24, 2.45) is 0 Å². The number of aldehydes is 1. The predicted molar refractivity (Wildman–Crippen MR) is 145 cm³/mol. The number of nitrogens with zero attached hydrogens (tertiary/aromatic N) is 4. The summed E-state index contributed by atoms with van der Waals surface area (Å²) in [5, 5.41) is 30.5. The maximum atomic E-state index is 11.0. The lowest BCUT2D eigenvalue weighted by Crippen LogP contribution is -1.98. The summed E-state index contributed by atoms with van der Waals surface area (Å²) in [6, 6.07) is 16.3. The van der Waals surface area contributed by atoms with Gasteiger partial charge in [0, 0.05) is 54.6 Å². The van der Waals surface area contributed by atoms with Gasteiger partial charge in [0.25, 0.3) is 11.4 Å². The Morgan fingerprint density at radius 2 is 1.13 bits per heavy atom. The summed E-state index contributed by atoms with van der Waals surface area (Å²) >= 11 is 0. The molecule has 4 rings (SSSR count). The Hall–Kier alpha value is -4.83. The van der Waals surface area contributed by atoms with Crippen LogP contribution in [-0.4, -0.2) is 31.2 Å². The summed E-state index contributed by atoms with van der Waals surface area (Å²) in [5.74, 6) is 0. The molecule has 10 heteroatoms. The van der Waals surface area contributed by atoms with E-state index in [2.05, 4.69) is 9.97 Å². The Bertz CT molecular complexity index is 1350. The van der Waals surface area contributed by atoms with Crippen molar-refractivity contribution in [1.82, 2.24) is 9.97 Å². The maximum Gasteiger partial charge on any atom is 0.270 e. The van der Waals surface area contributed by atoms with Crippen molar-refractivity contribution in [3.05, 3.63) is 139 Å². The summed E-state index contributed by atoms with van der Waals surface area (Å²) < 4.78 is 0. The molecule has 0 saturated carbocycles. The normalized spacial score (nSPS) is 9.61. The van der Waals surface area contributed by atoms with Crippen molar-refractivity contribution in [3.8, 4) is 0 Å². The molecule has 0 aliphatic rings. The second-order valence-electron chi connectivity index (χ2n) is 7.69. The number of nitro benzene ring substituents is 2. The molecule has 2 aromatic carbocycles.